The minimum atomic E-state index is 0.136. The van der Waals surface area contributed by atoms with Gasteiger partial charge in [-0.05, 0) is 61.7 Å². The first-order valence-corrected chi connectivity index (χ1v) is 11.1. The van der Waals surface area contributed by atoms with Crippen LogP contribution in [0.2, 0.25) is 0 Å². The molecule has 1 N–H and O–H groups in total. The topological polar surface area (TPSA) is 45.2 Å². The van der Waals surface area contributed by atoms with Gasteiger partial charge in [-0.15, -0.1) is 11.3 Å². The average Bonchev–Trinajstić information content (AvgIpc) is 3.42. The highest BCUT2D eigenvalue weighted by atomic mass is 32.1. The second-order valence-electron chi connectivity index (χ2n) is 7.97. The van der Waals surface area contributed by atoms with E-state index in [9.17, 15) is 4.79 Å². The molecule has 28 heavy (non-hydrogen) atoms. The highest BCUT2D eigenvalue weighted by Gasteiger charge is 2.27. The third kappa shape index (κ3) is 3.69. The van der Waals surface area contributed by atoms with E-state index in [1.54, 1.807) is 11.3 Å². The number of thiophene rings is 1. The second kappa shape index (κ2) is 7.64. The molecule has 5 heteroatoms. The van der Waals surface area contributed by atoms with Gasteiger partial charge in [0.2, 0.25) is 0 Å². The predicted octanol–water partition coefficient (Wildman–Crippen LogP) is 4.57. The molecule has 2 aliphatic rings. The minimum absolute atomic E-state index is 0.136. The van der Waals surface area contributed by atoms with Crippen molar-refractivity contribution in [2.75, 3.05) is 19.6 Å². The molecule has 1 aliphatic carbocycles. The molecule has 0 atom stereocenters. The summed E-state index contributed by atoms with van der Waals surface area (Å²) in [4.78, 5) is 21.3. The number of pyridine rings is 1. The van der Waals surface area contributed by atoms with Crippen LogP contribution in [0.25, 0.3) is 21.5 Å². The number of carbonyl (C=O) groups excluding carboxylic acids is 1. The molecule has 0 spiro atoms. The van der Waals surface area contributed by atoms with Gasteiger partial charge in [0.15, 0.2) is 0 Å². The number of rotatable bonds is 5. The average molecular weight is 392 g/mol. The lowest BCUT2D eigenvalue weighted by Crippen LogP contribution is -2.45. The first kappa shape index (κ1) is 17.8. The quantitative estimate of drug-likeness (QED) is 0.693. The van der Waals surface area contributed by atoms with Crippen LogP contribution in [0.3, 0.4) is 0 Å². The van der Waals surface area contributed by atoms with Gasteiger partial charge in [-0.3, -0.25) is 4.79 Å². The number of fused-ring (bicyclic) bond motifs is 1. The highest BCUT2D eigenvalue weighted by Crippen LogP contribution is 2.30. The molecule has 0 bridgehead atoms. The monoisotopic (exact) mass is 391 g/mol. The molecule has 1 aliphatic heterocycles. The Hall–Kier alpha value is -2.24. The summed E-state index contributed by atoms with van der Waals surface area (Å²) in [6.07, 6.45) is 4.84. The van der Waals surface area contributed by atoms with E-state index in [4.69, 9.17) is 4.98 Å². The van der Waals surface area contributed by atoms with E-state index in [0.29, 0.717) is 6.04 Å². The predicted molar refractivity (Wildman–Crippen MR) is 115 cm³/mol. The number of nitrogens with one attached hydrogen (secondary N) is 1. The van der Waals surface area contributed by atoms with E-state index in [0.717, 1.165) is 65.4 Å². The van der Waals surface area contributed by atoms with Crippen molar-refractivity contribution >= 4 is 28.1 Å². The van der Waals surface area contributed by atoms with Crippen LogP contribution in [0.15, 0.2) is 47.8 Å². The second-order valence-corrected chi connectivity index (χ2v) is 8.92. The fourth-order valence-electron chi connectivity index (χ4n) is 4.02. The molecule has 3 aromatic rings. The lowest BCUT2D eigenvalue weighted by Gasteiger charge is -2.33. The largest absolute Gasteiger partial charge is 0.339 e. The van der Waals surface area contributed by atoms with Crippen LogP contribution in [0.5, 0.6) is 0 Å². The maximum absolute atomic E-state index is 13.4. The summed E-state index contributed by atoms with van der Waals surface area (Å²) in [6.45, 7) is 2.80. The minimum Gasteiger partial charge on any atom is -0.339 e. The van der Waals surface area contributed by atoms with E-state index < -0.39 is 0 Å². The molecule has 1 aromatic carbocycles. The van der Waals surface area contributed by atoms with Gasteiger partial charge in [0, 0.05) is 24.5 Å². The Balaban J connectivity index is 1.38. The Bertz CT molecular complexity index is 973. The highest BCUT2D eigenvalue weighted by molar-refractivity contribution is 7.13. The third-order valence-electron chi connectivity index (χ3n) is 5.89. The van der Waals surface area contributed by atoms with Gasteiger partial charge < -0.3 is 10.2 Å². The van der Waals surface area contributed by atoms with E-state index in [1.807, 2.05) is 46.7 Å². The molecule has 1 amide bonds. The number of benzene rings is 1. The fourth-order valence-corrected chi connectivity index (χ4v) is 4.70. The van der Waals surface area contributed by atoms with E-state index in [1.165, 1.54) is 12.8 Å². The molecule has 1 saturated heterocycles. The molecular weight excluding hydrogens is 366 g/mol. The molecule has 1 saturated carbocycles. The number of piperidine rings is 1. The summed E-state index contributed by atoms with van der Waals surface area (Å²) in [6, 6.07) is 14.6. The number of aromatic nitrogens is 1. The Labute approximate surface area is 169 Å². The fraction of sp³-hybridized carbons (Fsp3) is 0.391. The Morgan fingerprint density at radius 2 is 1.93 bits per heavy atom. The maximum atomic E-state index is 13.4. The number of nitrogens with zero attached hydrogens (tertiary/aromatic N) is 2. The van der Waals surface area contributed by atoms with Crippen molar-refractivity contribution in [1.29, 1.82) is 0 Å². The van der Waals surface area contributed by atoms with E-state index in [-0.39, 0.29) is 5.91 Å². The Morgan fingerprint density at radius 3 is 2.68 bits per heavy atom. The number of likely N-dealkylation sites (tertiary alicyclic amines) is 1. The van der Waals surface area contributed by atoms with Gasteiger partial charge in [0.1, 0.15) is 0 Å². The van der Waals surface area contributed by atoms with Crippen LogP contribution in [0, 0.1) is 5.92 Å². The van der Waals surface area contributed by atoms with E-state index >= 15 is 0 Å². The smallest absolute Gasteiger partial charge is 0.254 e. The molecular formula is C23H25N3OS. The zero-order valence-electron chi connectivity index (χ0n) is 15.9. The summed E-state index contributed by atoms with van der Waals surface area (Å²) in [5, 5.41) is 6.69. The zero-order valence-corrected chi connectivity index (χ0v) is 16.8. The van der Waals surface area contributed by atoms with Crippen molar-refractivity contribution in [2.45, 2.75) is 31.7 Å². The van der Waals surface area contributed by atoms with Crippen LogP contribution in [-0.2, 0) is 0 Å². The summed E-state index contributed by atoms with van der Waals surface area (Å²) in [5.41, 5.74) is 2.55. The van der Waals surface area contributed by atoms with Gasteiger partial charge in [-0.2, -0.15) is 0 Å². The Kier molecular flexibility index (Phi) is 4.87. The van der Waals surface area contributed by atoms with Crippen molar-refractivity contribution in [2.24, 2.45) is 5.92 Å². The van der Waals surface area contributed by atoms with Gasteiger partial charge >= 0.3 is 0 Å². The van der Waals surface area contributed by atoms with E-state index in [2.05, 4.69) is 11.4 Å². The van der Waals surface area contributed by atoms with Crippen LogP contribution in [0.4, 0.5) is 0 Å². The van der Waals surface area contributed by atoms with Crippen LogP contribution >= 0.6 is 11.3 Å². The van der Waals surface area contributed by atoms with Crippen molar-refractivity contribution < 1.29 is 4.79 Å². The number of hydrogen-bond donors (Lipinski definition) is 1. The molecule has 2 fully saturated rings. The molecule has 0 radical (unpaired) electrons. The molecule has 3 heterocycles. The van der Waals surface area contributed by atoms with Crippen LogP contribution in [-0.4, -0.2) is 41.5 Å². The van der Waals surface area contributed by atoms with Crippen molar-refractivity contribution in [3.63, 3.8) is 0 Å². The van der Waals surface area contributed by atoms with Gasteiger partial charge in [-0.25, -0.2) is 4.98 Å². The molecule has 4 nitrogen and oxygen atoms in total. The van der Waals surface area contributed by atoms with Gasteiger partial charge in [0.25, 0.3) is 5.91 Å². The van der Waals surface area contributed by atoms with Crippen molar-refractivity contribution in [3.05, 3.63) is 53.4 Å². The van der Waals surface area contributed by atoms with Gasteiger partial charge in [-0.1, -0.05) is 24.3 Å². The summed E-state index contributed by atoms with van der Waals surface area (Å²) in [7, 11) is 0. The Morgan fingerprint density at radius 1 is 1.11 bits per heavy atom. The maximum Gasteiger partial charge on any atom is 0.254 e. The van der Waals surface area contributed by atoms with Crippen LogP contribution < -0.4 is 5.32 Å². The standard InChI is InChI=1S/C23H25N3OS/c27-23(26-11-9-17(10-12-26)24-15-16-7-8-16)19-14-21(22-6-3-13-28-22)25-20-5-2-1-4-18(19)20/h1-6,13-14,16-17,24H,7-12,15H2. The number of amides is 1. The summed E-state index contributed by atoms with van der Waals surface area (Å²) < 4.78 is 0. The number of carbonyl (C=O) groups is 1. The normalized spacial score (nSPS) is 17.9. The van der Waals surface area contributed by atoms with Crippen molar-refractivity contribution in [1.82, 2.24) is 15.2 Å². The van der Waals surface area contributed by atoms with Crippen LogP contribution in [0.1, 0.15) is 36.0 Å². The number of hydrogen-bond acceptors (Lipinski definition) is 4. The third-order valence-corrected chi connectivity index (χ3v) is 6.79. The SMILES string of the molecule is O=C(c1cc(-c2cccs2)nc2ccccc12)N1CCC(NCC2CC2)CC1. The number of para-hydroxylation sites is 1. The summed E-state index contributed by atoms with van der Waals surface area (Å²) in [5.74, 6) is 1.04. The first-order chi connectivity index (χ1) is 13.8. The van der Waals surface area contributed by atoms with Crippen molar-refractivity contribution in [3.8, 4) is 10.6 Å². The van der Waals surface area contributed by atoms with Gasteiger partial charge in [0.05, 0.1) is 21.7 Å². The summed E-state index contributed by atoms with van der Waals surface area (Å²) >= 11 is 1.66. The lowest BCUT2D eigenvalue weighted by atomic mass is 10.0. The lowest BCUT2D eigenvalue weighted by molar-refractivity contribution is 0.0707. The molecule has 2 aromatic heterocycles. The molecule has 0 unspecified atom stereocenters. The zero-order chi connectivity index (χ0) is 18.9. The molecule has 5 rings (SSSR count). The molecule has 144 valence electrons. The first-order valence-electron chi connectivity index (χ1n) is 10.2.